The van der Waals surface area contributed by atoms with Crippen molar-refractivity contribution in [2.24, 2.45) is 0 Å². The SMILES string of the molecule is CC(=O)N1CCC(Oc2ccc(F)c(C#N)c2)CC1. The lowest BCUT2D eigenvalue weighted by molar-refractivity contribution is -0.130. The number of amides is 1. The van der Waals surface area contributed by atoms with Crippen LogP contribution in [0.15, 0.2) is 18.2 Å². The number of ether oxygens (including phenoxy) is 1. The molecule has 1 aromatic carbocycles. The van der Waals surface area contributed by atoms with Crippen LogP contribution in [0.3, 0.4) is 0 Å². The van der Waals surface area contributed by atoms with Gasteiger partial charge in [0.05, 0.1) is 5.56 Å². The zero-order valence-corrected chi connectivity index (χ0v) is 10.7. The predicted octanol–water partition coefficient (Wildman–Crippen LogP) is 2.09. The quantitative estimate of drug-likeness (QED) is 0.820. The first-order valence-corrected chi connectivity index (χ1v) is 6.22. The molecule has 0 saturated carbocycles. The van der Waals surface area contributed by atoms with Crippen molar-refractivity contribution in [1.29, 1.82) is 5.26 Å². The van der Waals surface area contributed by atoms with E-state index in [4.69, 9.17) is 10.00 Å². The fourth-order valence-corrected chi connectivity index (χ4v) is 2.14. The van der Waals surface area contributed by atoms with Gasteiger partial charge in [0.1, 0.15) is 23.7 Å². The molecule has 0 N–H and O–H groups in total. The molecule has 2 rings (SSSR count). The van der Waals surface area contributed by atoms with Gasteiger partial charge in [-0.2, -0.15) is 5.26 Å². The van der Waals surface area contributed by atoms with Crippen molar-refractivity contribution in [3.8, 4) is 11.8 Å². The highest BCUT2D eigenvalue weighted by Crippen LogP contribution is 2.21. The van der Waals surface area contributed by atoms with Gasteiger partial charge >= 0.3 is 0 Å². The Kier molecular flexibility index (Phi) is 4.00. The molecule has 1 fully saturated rings. The molecule has 1 aromatic rings. The minimum atomic E-state index is -0.541. The van der Waals surface area contributed by atoms with Crippen LogP contribution in [0.4, 0.5) is 4.39 Å². The molecule has 5 heteroatoms. The molecule has 0 aliphatic carbocycles. The Balaban J connectivity index is 1.96. The van der Waals surface area contributed by atoms with Gasteiger partial charge in [0.15, 0.2) is 0 Å². The van der Waals surface area contributed by atoms with E-state index in [9.17, 15) is 9.18 Å². The molecule has 1 aliphatic rings. The molecule has 0 radical (unpaired) electrons. The standard InChI is InChI=1S/C14H15FN2O2/c1-10(18)17-6-4-12(5-7-17)19-13-2-3-14(15)11(8-13)9-16/h2-3,8,12H,4-7H2,1H3. The number of hydrogen-bond donors (Lipinski definition) is 0. The Bertz CT molecular complexity index is 517. The van der Waals surface area contributed by atoms with Crippen LogP contribution in [0.5, 0.6) is 5.75 Å². The number of nitrogens with zero attached hydrogens (tertiary/aromatic N) is 2. The molecule has 1 amide bonds. The maximum Gasteiger partial charge on any atom is 0.219 e. The third kappa shape index (κ3) is 3.22. The van der Waals surface area contributed by atoms with Gasteiger partial charge in [-0.15, -0.1) is 0 Å². The lowest BCUT2D eigenvalue weighted by atomic mass is 10.1. The van der Waals surface area contributed by atoms with Gasteiger partial charge in [-0.25, -0.2) is 4.39 Å². The van der Waals surface area contributed by atoms with E-state index >= 15 is 0 Å². The van der Waals surface area contributed by atoms with E-state index in [2.05, 4.69) is 0 Å². The molecular formula is C14H15FN2O2. The topological polar surface area (TPSA) is 53.3 Å². The van der Waals surface area contributed by atoms with E-state index in [1.165, 1.54) is 18.2 Å². The normalized spacial score (nSPS) is 15.9. The van der Waals surface area contributed by atoms with Crippen LogP contribution in [0, 0.1) is 17.1 Å². The zero-order chi connectivity index (χ0) is 13.8. The van der Waals surface area contributed by atoms with Gasteiger partial charge in [0.2, 0.25) is 5.91 Å². The molecule has 1 heterocycles. The van der Waals surface area contributed by atoms with Crippen LogP contribution in [0.1, 0.15) is 25.3 Å². The number of carbonyl (C=O) groups is 1. The molecule has 0 atom stereocenters. The zero-order valence-electron chi connectivity index (χ0n) is 10.7. The second-order valence-electron chi connectivity index (χ2n) is 4.58. The van der Waals surface area contributed by atoms with Crippen LogP contribution in [0.25, 0.3) is 0 Å². The lowest BCUT2D eigenvalue weighted by Gasteiger charge is -2.31. The second-order valence-corrected chi connectivity index (χ2v) is 4.58. The second kappa shape index (κ2) is 5.70. The van der Waals surface area contributed by atoms with E-state index < -0.39 is 5.82 Å². The number of nitriles is 1. The van der Waals surface area contributed by atoms with Gasteiger partial charge in [0, 0.05) is 38.9 Å². The Morgan fingerprint density at radius 1 is 1.47 bits per heavy atom. The van der Waals surface area contributed by atoms with E-state index in [1.54, 1.807) is 17.9 Å². The maximum absolute atomic E-state index is 13.2. The molecule has 0 aromatic heterocycles. The molecule has 0 unspecified atom stereocenters. The Labute approximate surface area is 111 Å². The third-order valence-corrected chi connectivity index (χ3v) is 3.25. The summed E-state index contributed by atoms with van der Waals surface area (Å²) in [6, 6.07) is 5.95. The highest BCUT2D eigenvalue weighted by molar-refractivity contribution is 5.73. The summed E-state index contributed by atoms with van der Waals surface area (Å²) in [5.41, 5.74) is -0.0151. The number of piperidine rings is 1. The fourth-order valence-electron chi connectivity index (χ4n) is 2.14. The number of rotatable bonds is 2. The molecular weight excluding hydrogens is 247 g/mol. The van der Waals surface area contributed by atoms with Crippen LogP contribution < -0.4 is 4.74 Å². The molecule has 1 saturated heterocycles. The Morgan fingerprint density at radius 3 is 2.74 bits per heavy atom. The summed E-state index contributed by atoms with van der Waals surface area (Å²) in [5.74, 6) is 0.0347. The van der Waals surface area contributed by atoms with E-state index in [0.29, 0.717) is 18.8 Å². The monoisotopic (exact) mass is 262 g/mol. The van der Waals surface area contributed by atoms with Crippen molar-refractivity contribution >= 4 is 5.91 Å². The smallest absolute Gasteiger partial charge is 0.219 e. The average molecular weight is 262 g/mol. The first-order valence-electron chi connectivity index (χ1n) is 6.22. The number of hydrogen-bond acceptors (Lipinski definition) is 3. The van der Waals surface area contributed by atoms with Gasteiger partial charge in [-0.1, -0.05) is 0 Å². The predicted molar refractivity (Wildman–Crippen MR) is 67.0 cm³/mol. The number of halogens is 1. The molecule has 0 spiro atoms. The largest absolute Gasteiger partial charge is 0.490 e. The van der Waals surface area contributed by atoms with Gasteiger partial charge < -0.3 is 9.64 Å². The first kappa shape index (κ1) is 13.3. The van der Waals surface area contributed by atoms with Crippen molar-refractivity contribution in [2.45, 2.75) is 25.9 Å². The summed E-state index contributed by atoms with van der Waals surface area (Å²) in [4.78, 5) is 13.0. The third-order valence-electron chi connectivity index (χ3n) is 3.25. The summed E-state index contributed by atoms with van der Waals surface area (Å²) >= 11 is 0. The van der Waals surface area contributed by atoms with E-state index in [1.807, 2.05) is 0 Å². The van der Waals surface area contributed by atoms with Crippen molar-refractivity contribution in [2.75, 3.05) is 13.1 Å². The summed E-state index contributed by atoms with van der Waals surface area (Å²) in [7, 11) is 0. The molecule has 100 valence electrons. The minimum absolute atomic E-state index is 0.00704. The van der Waals surface area contributed by atoms with Crippen molar-refractivity contribution < 1.29 is 13.9 Å². The number of benzene rings is 1. The van der Waals surface area contributed by atoms with E-state index in [-0.39, 0.29) is 17.6 Å². The molecule has 19 heavy (non-hydrogen) atoms. The Morgan fingerprint density at radius 2 is 2.16 bits per heavy atom. The van der Waals surface area contributed by atoms with Crippen molar-refractivity contribution in [1.82, 2.24) is 4.90 Å². The number of likely N-dealkylation sites (tertiary alicyclic amines) is 1. The molecule has 0 bridgehead atoms. The first-order chi connectivity index (χ1) is 9.10. The van der Waals surface area contributed by atoms with E-state index in [0.717, 1.165) is 12.8 Å². The van der Waals surface area contributed by atoms with Gasteiger partial charge in [0.25, 0.3) is 0 Å². The lowest BCUT2D eigenvalue weighted by Crippen LogP contribution is -2.40. The van der Waals surface area contributed by atoms with Crippen molar-refractivity contribution in [3.63, 3.8) is 0 Å². The average Bonchev–Trinajstić information content (AvgIpc) is 2.41. The number of carbonyl (C=O) groups excluding carboxylic acids is 1. The highest BCUT2D eigenvalue weighted by atomic mass is 19.1. The summed E-state index contributed by atoms with van der Waals surface area (Å²) in [5, 5.41) is 8.75. The summed E-state index contributed by atoms with van der Waals surface area (Å²) < 4.78 is 18.9. The van der Waals surface area contributed by atoms with Crippen LogP contribution in [-0.2, 0) is 4.79 Å². The van der Waals surface area contributed by atoms with Gasteiger partial charge in [-0.05, 0) is 12.1 Å². The fraction of sp³-hybridized carbons (Fsp3) is 0.429. The van der Waals surface area contributed by atoms with Crippen LogP contribution in [-0.4, -0.2) is 30.0 Å². The van der Waals surface area contributed by atoms with Crippen LogP contribution >= 0.6 is 0 Å². The maximum atomic E-state index is 13.2. The molecule has 1 aliphatic heterocycles. The van der Waals surface area contributed by atoms with Crippen LogP contribution in [0.2, 0.25) is 0 Å². The summed E-state index contributed by atoms with van der Waals surface area (Å²) in [6.07, 6.45) is 1.50. The van der Waals surface area contributed by atoms with Crippen molar-refractivity contribution in [3.05, 3.63) is 29.6 Å². The molecule has 4 nitrogen and oxygen atoms in total. The summed E-state index contributed by atoms with van der Waals surface area (Å²) in [6.45, 7) is 2.90. The minimum Gasteiger partial charge on any atom is -0.490 e. The Hall–Kier alpha value is -2.09. The van der Waals surface area contributed by atoms with Gasteiger partial charge in [-0.3, -0.25) is 4.79 Å². The highest BCUT2D eigenvalue weighted by Gasteiger charge is 2.22.